The van der Waals surface area contributed by atoms with E-state index in [0.29, 0.717) is 87.5 Å². The first kappa shape index (κ1) is 83.8. The third-order valence-electron chi connectivity index (χ3n) is 24.0. The Labute approximate surface area is 652 Å². The largest absolute Gasteiger partial charge is 0.481 e. The molecule has 21 nitrogen and oxygen atoms in total. The lowest BCUT2D eigenvalue weighted by atomic mass is 9.89. The third-order valence-corrected chi connectivity index (χ3v) is 27.9. The number of Topliss-reactive ketones (excluding diaryl/α,β-unsaturated/α-hetero) is 2. The first-order valence-corrected chi connectivity index (χ1v) is 42.0. The number of benzene rings is 4. The predicted octanol–water partition coefficient (Wildman–Crippen LogP) is 14.8. The third kappa shape index (κ3) is 18.7. The number of carbonyl (C=O) groups excluding carboxylic acids is 5. The van der Waals surface area contributed by atoms with E-state index in [2.05, 4.69) is 9.71 Å². The highest BCUT2D eigenvalue weighted by atomic mass is 32.2. The number of nitrogens with zero attached hydrogens (tertiary/aromatic N) is 6. The van der Waals surface area contributed by atoms with Crippen LogP contribution >= 0.6 is 0 Å². The number of alkyl halides is 6. The SMILES string of the molecule is CC(C)n1c(O[C@@H]2C[C@H]3C(=O)C[C@]4(C(=O)NS(=O)(=O)C5(C)CC5)C[C@H]4/C=C\CCCCC[C@H](Cc4cc(F)cc(C(F)(F)F)c4)C(=O)N3C2)nc2ccccc21.CC(C)n1c(O[C@@H]2C[C@H]3C(=O)C[C@]4(C(=O)O)C[C@H]4/C=C\CCCCC[C@H](Cc4cc(F)cc(C(F)(F)F)c4)C(=O)N3C2)nc2ccccc21.CC1(S(N)(=O)=O)CC1. The molecule has 6 fully saturated rings. The molecule has 4 saturated carbocycles. The average Bonchev–Trinajstić information content (AvgIpc) is 1.58. The Bertz CT molecular complexity index is 4920. The van der Waals surface area contributed by atoms with E-state index in [1.165, 1.54) is 9.80 Å². The molecular formula is C82H98F8N8O13S2. The molecule has 4 N–H and O–H groups in total. The van der Waals surface area contributed by atoms with Crippen LogP contribution in [0.1, 0.15) is 204 Å². The Morgan fingerprint density at radius 3 is 1.39 bits per heavy atom. The van der Waals surface area contributed by atoms with Gasteiger partial charge in [0.25, 0.3) is 12.0 Å². The zero-order valence-electron chi connectivity index (χ0n) is 64.1. The number of sulfonamides is 2. The van der Waals surface area contributed by atoms with E-state index in [1.54, 1.807) is 13.8 Å². The van der Waals surface area contributed by atoms with Crippen molar-refractivity contribution in [1.82, 2.24) is 33.6 Å². The van der Waals surface area contributed by atoms with Crippen molar-refractivity contribution in [1.29, 1.82) is 0 Å². The van der Waals surface area contributed by atoms with Gasteiger partial charge < -0.3 is 24.4 Å². The zero-order valence-corrected chi connectivity index (χ0v) is 65.7. The van der Waals surface area contributed by atoms with E-state index in [0.717, 1.165) is 72.9 Å². The monoisotopic (exact) mass is 1620 g/mol. The molecular weight excluding hydrogens is 1520 g/mol. The maximum Gasteiger partial charge on any atom is 0.416 e. The lowest BCUT2D eigenvalue weighted by Gasteiger charge is -2.29. The number of ether oxygens (including phenoxy) is 2. The normalized spacial score (nSPS) is 27.3. The fraction of sp³-hybridized carbons (Fsp3) is 0.561. The second kappa shape index (κ2) is 32.6. The number of carbonyl (C=O) groups is 6. The number of carboxylic acid groups (broad SMARTS) is 1. The van der Waals surface area contributed by atoms with Crippen molar-refractivity contribution < 1.29 is 95.3 Å². The van der Waals surface area contributed by atoms with Gasteiger partial charge in [0, 0.05) is 49.6 Å². The van der Waals surface area contributed by atoms with Crippen molar-refractivity contribution in [2.75, 3.05) is 13.1 Å². The smallest absolute Gasteiger partial charge is 0.416 e. The fourth-order valence-corrected chi connectivity index (χ4v) is 18.4. The molecule has 31 heteroatoms. The number of nitrogens with one attached hydrogen (secondary N) is 1. The number of aromatic nitrogens is 4. The van der Waals surface area contributed by atoms with Gasteiger partial charge in [-0.3, -0.25) is 42.6 Å². The molecule has 3 amide bonds. The molecule has 0 spiro atoms. The number of aliphatic carboxylic acids is 1. The number of rotatable bonds is 15. The number of hydrogen-bond donors (Lipinski definition) is 3. The van der Waals surface area contributed by atoms with Crippen molar-refractivity contribution in [3.8, 4) is 12.0 Å². The Balaban J connectivity index is 0.000000191. The van der Waals surface area contributed by atoms with Crippen molar-refractivity contribution in [2.45, 2.75) is 241 Å². The molecule has 4 aliphatic carbocycles. The molecule has 14 rings (SSSR count). The molecule has 0 bridgehead atoms. The summed E-state index contributed by atoms with van der Waals surface area (Å²) in [6, 6.07) is 18.1. The number of carboxylic acids is 1. The zero-order chi connectivity index (χ0) is 81.7. The summed E-state index contributed by atoms with van der Waals surface area (Å²) in [6.07, 6.45) is 4.87. The van der Waals surface area contributed by atoms with E-state index in [9.17, 15) is 85.8 Å². The van der Waals surface area contributed by atoms with Crippen LogP contribution in [0.3, 0.4) is 0 Å². The molecule has 6 aromatic rings. The molecule has 8 aliphatic rings. The Hall–Kier alpha value is -8.58. The number of primary sulfonamides is 1. The molecule has 4 aromatic carbocycles. The quantitative estimate of drug-likeness (QED) is 0.0636. The van der Waals surface area contributed by atoms with Gasteiger partial charge in [0.1, 0.15) is 23.8 Å². The van der Waals surface area contributed by atoms with Gasteiger partial charge in [-0.1, -0.05) is 74.3 Å². The molecule has 6 heterocycles. The molecule has 0 radical (unpaired) electrons. The summed E-state index contributed by atoms with van der Waals surface area (Å²) in [7, 11) is -7.23. The van der Waals surface area contributed by atoms with Crippen LogP contribution in [0.15, 0.2) is 109 Å². The maximum atomic E-state index is 14.7. The predicted molar refractivity (Wildman–Crippen MR) is 404 cm³/mol. The second-order valence-corrected chi connectivity index (χ2v) is 37.5. The van der Waals surface area contributed by atoms with Gasteiger partial charge in [-0.15, -0.1) is 0 Å². The molecule has 2 saturated heterocycles. The number of amides is 3. The van der Waals surface area contributed by atoms with Crippen LogP contribution < -0.4 is 19.3 Å². The minimum atomic E-state index is -4.79. The topological polar surface area (TPSA) is 290 Å². The van der Waals surface area contributed by atoms with Crippen LogP contribution in [0.5, 0.6) is 12.0 Å². The Kier molecular flexibility index (Phi) is 24.2. The van der Waals surface area contributed by atoms with Gasteiger partial charge in [-0.05, 0) is 215 Å². The number of fused-ring (bicyclic) bond motifs is 6. The van der Waals surface area contributed by atoms with Crippen molar-refractivity contribution in [3.05, 3.63) is 143 Å². The lowest BCUT2D eigenvalue weighted by Crippen LogP contribution is -2.47. The number of halogens is 8. The van der Waals surface area contributed by atoms with Crippen molar-refractivity contribution >= 4 is 77.4 Å². The molecule has 10 atom stereocenters. The highest BCUT2D eigenvalue weighted by molar-refractivity contribution is 7.91. The van der Waals surface area contributed by atoms with Crippen LogP contribution in [0.2, 0.25) is 0 Å². The van der Waals surface area contributed by atoms with Crippen molar-refractivity contribution in [3.63, 3.8) is 0 Å². The van der Waals surface area contributed by atoms with Crippen LogP contribution in [-0.2, 0) is 74.0 Å². The highest BCUT2D eigenvalue weighted by Crippen LogP contribution is 2.59. The molecule has 113 heavy (non-hydrogen) atoms. The fourth-order valence-electron chi connectivity index (χ4n) is 16.4. The number of nitrogens with two attached hydrogens (primary N) is 1. The summed E-state index contributed by atoms with van der Waals surface area (Å²) in [5.41, 5.74) is -1.71. The van der Waals surface area contributed by atoms with Gasteiger partial charge >= 0.3 is 18.3 Å². The van der Waals surface area contributed by atoms with E-state index < -0.39 is 147 Å². The van der Waals surface area contributed by atoms with Gasteiger partial charge in [0.15, 0.2) is 11.6 Å². The summed E-state index contributed by atoms with van der Waals surface area (Å²) >= 11 is 0. The number of ketones is 2. The van der Waals surface area contributed by atoms with Gasteiger partial charge in [0.05, 0.1) is 78.7 Å². The van der Waals surface area contributed by atoms with E-state index >= 15 is 0 Å². The standard InChI is InChI=1S/C41H48F4N4O6S.C37H41F4N3O5.C4H9NO2S/c1-25(2)49-33-14-10-9-13-32(33)46-38(49)55-31-21-34-35(50)23-40(37(52)47-56(53,54)39(3)15-16-39)22-28(40)12-8-6-4-5-7-11-27(36(51)48(34)24-31)17-26-18-29(41(43,44)45)20-30(42)19-26;1-22(2)44-30-13-9-8-12-29(30)42-35(44)49-28-18-31-32(45)20-36(34(47)48)19-25(36)11-7-5-3-4-6-10-24(33(46)43(31)21-28)14-23-15-26(37(39,40)41)17-27(38)16-23;1-4(2-3-4)8(5,6)7/h8-10,12-14,18-20,25,27-28,31,34H,4-7,11,15-17,21-24H2,1-3H3,(H,47,52);7-9,11-13,15-17,22,24-25,28,31H,3-6,10,14,18-21H2,1-2H3,(H,47,48);2-3H2,1H3,(H2,5,6,7)/b12-8-;11-7-;/t27-,28-,31-,34+,40-;24-,25-,28-,31+,36-;/m11./s1. The summed E-state index contributed by atoms with van der Waals surface area (Å²) in [5, 5.41) is 15.0. The van der Waals surface area contributed by atoms with Gasteiger partial charge in [0.2, 0.25) is 37.8 Å². The summed E-state index contributed by atoms with van der Waals surface area (Å²) in [4.78, 5) is 96.4. The van der Waals surface area contributed by atoms with Crippen LogP contribution in [0.25, 0.3) is 22.1 Å². The van der Waals surface area contributed by atoms with E-state index in [4.69, 9.17) is 19.6 Å². The highest BCUT2D eigenvalue weighted by Gasteiger charge is 2.64. The minimum absolute atomic E-state index is 0.00734. The van der Waals surface area contributed by atoms with Crippen molar-refractivity contribution in [2.24, 2.45) is 39.6 Å². The second-order valence-electron chi connectivity index (χ2n) is 33.2. The summed E-state index contributed by atoms with van der Waals surface area (Å²) in [5.74, 6) is -8.06. The molecule has 612 valence electrons. The molecule has 4 aliphatic heterocycles. The molecule has 2 aromatic heterocycles. The number of hydrogen-bond acceptors (Lipinski definition) is 14. The minimum Gasteiger partial charge on any atom is -0.481 e. The first-order valence-electron chi connectivity index (χ1n) is 39.0. The molecule has 0 unspecified atom stereocenters. The number of allylic oxidation sites excluding steroid dienone is 4. The van der Waals surface area contributed by atoms with Gasteiger partial charge in [-0.2, -0.15) is 36.3 Å². The van der Waals surface area contributed by atoms with Crippen LogP contribution in [0.4, 0.5) is 35.1 Å². The average molecular weight is 1620 g/mol. The Morgan fingerprint density at radius 1 is 0.593 bits per heavy atom. The van der Waals surface area contributed by atoms with Crippen LogP contribution in [0, 0.1) is 46.1 Å². The summed E-state index contributed by atoms with van der Waals surface area (Å²) < 4.78 is 176. The van der Waals surface area contributed by atoms with E-state index in [-0.39, 0.29) is 99.5 Å². The maximum absolute atomic E-state index is 14.7. The summed E-state index contributed by atoms with van der Waals surface area (Å²) in [6.45, 7) is 11.1. The van der Waals surface area contributed by atoms with Crippen LogP contribution in [-0.4, -0.2) is 133 Å². The van der Waals surface area contributed by atoms with E-state index in [1.807, 2.05) is 110 Å². The number of para-hydroxylation sites is 4. The number of imidazole rings is 2. The Morgan fingerprint density at radius 2 is 1.00 bits per heavy atom. The lowest BCUT2D eigenvalue weighted by molar-refractivity contribution is -0.147. The van der Waals surface area contributed by atoms with Gasteiger partial charge in [-0.25, -0.2) is 30.8 Å². The first-order chi connectivity index (χ1) is 53.1.